The Balaban J connectivity index is 3.14. The number of esters is 1. The van der Waals surface area contributed by atoms with Crippen LogP contribution in [0.4, 0.5) is 0 Å². The molecule has 1 atom stereocenters. The maximum atomic E-state index is 11.2. The van der Waals surface area contributed by atoms with Crippen molar-refractivity contribution >= 4 is 5.97 Å². The van der Waals surface area contributed by atoms with Gasteiger partial charge in [-0.1, -0.05) is 130 Å². The molecule has 0 bridgehead atoms. The van der Waals surface area contributed by atoms with Crippen molar-refractivity contribution in [2.24, 2.45) is 5.92 Å². The Hall–Kier alpha value is -0.790. The number of hydrogen-bond donors (Lipinski definition) is 0. The van der Waals surface area contributed by atoms with Crippen molar-refractivity contribution in [3.63, 3.8) is 0 Å². The third-order valence-corrected chi connectivity index (χ3v) is 5.72. The van der Waals surface area contributed by atoms with Crippen LogP contribution in [0.25, 0.3) is 0 Å². The van der Waals surface area contributed by atoms with Crippen molar-refractivity contribution in [2.75, 3.05) is 6.61 Å². The average Bonchev–Trinajstić information content (AvgIpc) is 2.67. The summed E-state index contributed by atoms with van der Waals surface area (Å²) in [4.78, 5) is 11.2. The smallest absolute Gasteiger partial charge is 0.333 e. The summed E-state index contributed by atoms with van der Waals surface area (Å²) in [6, 6.07) is 0. The molecule has 2 heteroatoms. The second kappa shape index (κ2) is 20.9. The normalized spacial score (nSPS) is 12.1. The molecule has 2 nitrogen and oxygen atoms in total. The maximum Gasteiger partial charge on any atom is 0.333 e. The van der Waals surface area contributed by atoms with Gasteiger partial charge in [0.1, 0.15) is 0 Å². The quantitative estimate of drug-likeness (QED) is 0.110. The first-order valence-corrected chi connectivity index (χ1v) is 12.4. The predicted octanol–water partition coefficient (Wildman–Crippen LogP) is 8.78. The SMILES string of the molecule is C=C(C)C(=O)OCCCCCCCCCCCCCCCC(C)CCCCC. The van der Waals surface area contributed by atoms with Gasteiger partial charge in [-0.15, -0.1) is 0 Å². The van der Waals surface area contributed by atoms with Crippen molar-refractivity contribution in [3.05, 3.63) is 12.2 Å². The van der Waals surface area contributed by atoms with E-state index in [-0.39, 0.29) is 5.97 Å². The van der Waals surface area contributed by atoms with E-state index in [1.807, 2.05) is 0 Å². The molecular weight excluding hydrogens is 344 g/mol. The van der Waals surface area contributed by atoms with E-state index in [2.05, 4.69) is 20.4 Å². The molecule has 0 N–H and O–H groups in total. The monoisotopic (exact) mass is 394 g/mol. The fourth-order valence-corrected chi connectivity index (χ4v) is 3.71. The van der Waals surface area contributed by atoms with Crippen LogP contribution in [0.1, 0.15) is 136 Å². The van der Waals surface area contributed by atoms with Crippen LogP contribution in [0, 0.1) is 5.92 Å². The highest BCUT2D eigenvalue weighted by molar-refractivity contribution is 5.86. The molecule has 0 amide bonds. The summed E-state index contributed by atoms with van der Waals surface area (Å²) in [6.07, 6.45) is 24.6. The number of carbonyl (C=O) groups is 1. The molecule has 0 aliphatic heterocycles. The summed E-state index contributed by atoms with van der Waals surface area (Å²) in [5.74, 6) is 0.690. The minimum absolute atomic E-state index is 0.253. The average molecular weight is 395 g/mol. The van der Waals surface area contributed by atoms with Gasteiger partial charge in [-0.3, -0.25) is 0 Å². The first kappa shape index (κ1) is 27.2. The van der Waals surface area contributed by atoms with Crippen LogP contribution in [0.5, 0.6) is 0 Å². The van der Waals surface area contributed by atoms with E-state index in [1.54, 1.807) is 6.92 Å². The Bertz CT molecular complexity index is 361. The lowest BCUT2D eigenvalue weighted by molar-refractivity contribution is -0.139. The third-order valence-electron chi connectivity index (χ3n) is 5.72. The lowest BCUT2D eigenvalue weighted by Crippen LogP contribution is -2.05. The van der Waals surface area contributed by atoms with E-state index in [9.17, 15) is 4.79 Å². The summed E-state index contributed by atoms with van der Waals surface area (Å²) in [5, 5.41) is 0. The summed E-state index contributed by atoms with van der Waals surface area (Å²) < 4.78 is 5.10. The predicted molar refractivity (Wildman–Crippen MR) is 124 cm³/mol. The van der Waals surface area contributed by atoms with Crippen LogP contribution in [0.2, 0.25) is 0 Å². The molecule has 28 heavy (non-hydrogen) atoms. The fraction of sp³-hybridized carbons (Fsp3) is 0.885. The first-order chi connectivity index (χ1) is 13.6. The third kappa shape index (κ3) is 20.0. The van der Waals surface area contributed by atoms with E-state index >= 15 is 0 Å². The molecule has 0 rings (SSSR count). The molecule has 0 fully saturated rings. The minimum atomic E-state index is -0.253. The Morgan fingerprint density at radius 2 is 1.11 bits per heavy atom. The number of hydrogen-bond acceptors (Lipinski definition) is 2. The van der Waals surface area contributed by atoms with Crippen molar-refractivity contribution in [3.8, 4) is 0 Å². The van der Waals surface area contributed by atoms with Gasteiger partial charge >= 0.3 is 5.97 Å². The van der Waals surface area contributed by atoms with Gasteiger partial charge in [0.25, 0.3) is 0 Å². The Morgan fingerprint density at radius 3 is 1.54 bits per heavy atom. The largest absolute Gasteiger partial charge is 0.462 e. The van der Waals surface area contributed by atoms with Gasteiger partial charge < -0.3 is 4.74 Å². The lowest BCUT2D eigenvalue weighted by atomic mass is 9.96. The molecule has 0 aliphatic rings. The van der Waals surface area contributed by atoms with Gasteiger partial charge in [0, 0.05) is 5.57 Å². The topological polar surface area (TPSA) is 26.3 Å². The fourth-order valence-electron chi connectivity index (χ4n) is 3.71. The first-order valence-electron chi connectivity index (χ1n) is 12.4. The van der Waals surface area contributed by atoms with Gasteiger partial charge in [-0.25, -0.2) is 4.79 Å². The van der Waals surface area contributed by atoms with Crippen LogP contribution >= 0.6 is 0 Å². The Kier molecular flexibility index (Phi) is 20.3. The van der Waals surface area contributed by atoms with Crippen LogP contribution in [-0.4, -0.2) is 12.6 Å². The number of unbranched alkanes of at least 4 members (excludes halogenated alkanes) is 14. The van der Waals surface area contributed by atoms with Crippen LogP contribution in [0.3, 0.4) is 0 Å². The number of carbonyl (C=O) groups excluding carboxylic acids is 1. The minimum Gasteiger partial charge on any atom is -0.462 e. The second-order valence-electron chi connectivity index (χ2n) is 8.90. The van der Waals surface area contributed by atoms with E-state index in [0.29, 0.717) is 12.2 Å². The van der Waals surface area contributed by atoms with Crippen molar-refractivity contribution < 1.29 is 9.53 Å². The summed E-state index contributed by atoms with van der Waals surface area (Å²) >= 11 is 0. The standard InChI is InChI=1S/C26H50O2/c1-5-6-18-21-25(4)22-19-16-14-12-10-8-7-9-11-13-15-17-20-23-28-26(27)24(2)3/h25H,2,5-23H2,1,3-4H3. The number of rotatable bonds is 21. The zero-order chi connectivity index (χ0) is 20.9. The highest BCUT2D eigenvalue weighted by Gasteiger charge is 2.02. The van der Waals surface area contributed by atoms with Crippen LogP contribution in [-0.2, 0) is 9.53 Å². The van der Waals surface area contributed by atoms with Gasteiger partial charge in [0.2, 0.25) is 0 Å². The maximum absolute atomic E-state index is 11.2. The molecule has 0 aromatic rings. The summed E-state index contributed by atoms with van der Waals surface area (Å²) in [7, 11) is 0. The molecule has 0 heterocycles. The number of ether oxygens (including phenoxy) is 1. The molecule has 0 spiro atoms. The van der Waals surface area contributed by atoms with E-state index in [4.69, 9.17) is 4.74 Å². The van der Waals surface area contributed by atoms with E-state index < -0.39 is 0 Å². The molecule has 166 valence electrons. The Labute approximate surface area is 176 Å². The van der Waals surface area contributed by atoms with Gasteiger partial charge in [0.15, 0.2) is 0 Å². The molecule has 0 saturated carbocycles. The Morgan fingerprint density at radius 1 is 0.714 bits per heavy atom. The second-order valence-corrected chi connectivity index (χ2v) is 8.90. The molecule has 0 aliphatic carbocycles. The highest BCUT2D eigenvalue weighted by Crippen LogP contribution is 2.18. The zero-order valence-electron chi connectivity index (χ0n) is 19.5. The summed E-state index contributed by atoms with van der Waals surface area (Å²) in [6.45, 7) is 10.6. The van der Waals surface area contributed by atoms with E-state index in [0.717, 1.165) is 12.3 Å². The van der Waals surface area contributed by atoms with Crippen molar-refractivity contribution in [2.45, 2.75) is 136 Å². The lowest BCUT2D eigenvalue weighted by Gasteiger charge is -2.10. The molecule has 0 aromatic heterocycles. The molecule has 0 saturated heterocycles. The molecular formula is C26H50O2. The molecule has 0 radical (unpaired) electrons. The molecule has 1 unspecified atom stereocenters. The van der Waals surface area contributed by atoms with Crippen molar-refractivity contribution in [1.29, 1.82) is 0 Å². The van der Waals surface area contributed by atoms with Gasteiger partial charge in [-0.2, -0.15) is 0 Å². The zero-order valence-corrected chi connectivity index (χ0v) is 19.5. The van der Waals surface area contributed by atoms with Crippen molar-refractivity contribution in [1.82, 2.24) is 0 Å². The highest BCUT2D eigenvalue weighted by atomic mass is 16.5. The van der Waals surface area contributed by atoms with Gasteiger partial charge in [0.05, 0.1) is 6.61 Å². The van der Waals surface area contributed by atoms with Crippen LogP contribution < -0.4 is 0 Å². The van der Waals surface area contributed by atoms with E-state index in [1.165, 1.54) is 109 Å². The summed E-state index contributed by atoms with van der Waals surface area (Å²) in [5.41, 5.74) is 0.493. The van der Waals surface area contributed by atoms with Crippen LogP contribution in [0.15, 0.2) is 12.2 Å². The molecule has 0 aromatic carbocycles. The van der Waals surface area contributed by atoms with Gasteiger partial charge in [-0.05, 0) is 19.3 Å².